The molecule has 0 heterocycles. The highest BCUT2D eigenvalue weighted by molar-refractivity contribution is 7.89. The van der Waals surface area contributed by atoms with Gasteiger partial charge in [0.15, 0.2) is 5.11 Å². The molecule has 132 valence electrons. The number of nitrogens with two attached hydrogens (primary N) is 1. The zero-order valence-corrected chi connectivity index (χ0v) is 15.2. The number of hydrazine groups is 1. The average Bonchev–Trinajstić information content (AvgIpc) is 2.58. The standard InChI is InChI=1S/C15H15ClN4O3S2/c16-13-7-6-11(25(17,22)23)8-12(13)14(21)19-20-15(24)18-9-10-4-2-1-3-5-10/h1-8H,9H2,(H,19,21)(H2,17,22,23)(H2,18,20,24). The third-order valence-corrected chi connectivity index (χ3v) is 4.58. The highest BCUT2D eigenvalue weighted by atomic mass is 35.5. The van der Waals surface area contributed by atoms with E-state index in [2.05, 4.69) is 16.2 Å². The Bertz CT molecular complexity index is 889. The third-order valence-electron chi connectivity index (χ3n) is 3.10. The number of sulfonamides is 1. The predicted octanol–water partition coefficient (Wildman–Crippen LogP) is 1.30. The molecule has 1 amide bonds. The second-order valence-electron chi connectivity index (χ2n) is 4.93. The molecule has 0 saturated heterocycles. The number of halogens is 1. The molecule has 0 aliphatic rings. The first-order chi connectivity index (χ1) is 11.8. The van der Waals surface area contributed by atoms with E-state index in [0.29, 0.717) is 6.54 Å². The summed E-state index contributed by atoms with van der Waals surface area (Å²) >= 11 is 11.0. The minimum absolute atomic E-state index is 0.0495. The Kier molecular flexibility index (Phi) is 6.32. The van der Waals surface area contributed by atoms with Crippen molar-refractivity contribution in [3.8, 4) is 0 Å². The number of nitrogens with one attached hydrogen (secondary N) is 3. The van der Waals surface area contributed by atoms with Crippen molar-refractivity contribution < 1.29 is 13.2 Å². The van der Waals surface area contributed by atoms with Gasteiger partial charge in [0.2, 0.25) is 10.0 Å². The number of rotatable bonds is 4. The van der Waals surface area contributed by atoms with Crippen molar-refractivity contribution in [3.05, 3.63) is 64.7 Å². The number of carbonyl (C=O) groups excluding carboxylic acids is 1. The van der Waals surface area contributed by atoms with Gasteiger partial charge >= 0.3 is 0 Å². The number of thiocarbonyl (C=S) groups is 1. The number of amides is 1. The molecule has 0 spiro atoms. The molecule has 0 radical (unpaired) electrons. The molecule has 0 bridgehead atoms. The van der Waals surface area contributed by atoms with Gasteiger partial charge in [0.25, 0.3) is 5.91 Å². The van der Waals surface area contributed by atoms with E-state index >= 15 is 0 Å². The number of benzene rings is 2. The number of hydrogen-bond donors (Lipinski definition) is 4. The summed E-state index contributed by atoms with van der Waals surface area (Å²) in [5.41, 5.74) is 5.83. The Morgan fingerprint density at radius 2 is 1.80 bits per heavy atom. The average molecular weight is 399 g/mol. The lowest BCUT2D eigenvalue weighted by Crippen LogP contribution is -2.46. The molecule has 0 aliphatic carbocycles. The van der Waals surface area contributed by atoms with Crippen molar-refractivity contribution in [1.29, 1.82) is 0 Å². The van der Waals surface area contributed by atoms with Gasteiger partial charge in [-0.2, -0.15) is 0 Å². The topological polar surface area (TPSA) is 113 Å². The van der Waals surface area contributed by atoms with E-state index < -0.39 is 15.9 Å². The highest BCUT2D eigenvalue weighted by Gasteiger charge is 2.16. The van der Waals surface area contributed by atoms with Crippen molar-refractivity contribution in [1.82, 2.24) is 16.2 Å². The summed E-state index contributed by atoms with van der Waals surface area (Å²) in [5, 5.41) is 8.23. The summed E-state index contributed by atoms with van der Waals surface area (Å²) in [5.74, 6) is -0.653. The summed E-state index contributed by atoms with van der Waals surface area (Å²) < 4.78 is 22.7. The summed E-state index contributed by atoms with van der Waals surface area (Å²) in [4.78, 5) is 11.9. The van der Waals surface area contributed by atoms with Gasteiger partial charge in [-0.15, -0.1) is 0 Å². The summed E-state index contributed by atoms with van der Waals surface area (Å²) in [6, 6.07) is 13.1. The van der Waals surface area contributed by atoms with Crippen LogP contribution in [0.1, 0.15) is 15.9 Å². The predicted molar refractivity (Wildman–Crippen MR) is 99.3 cm³/mol. The van der Waals surface area contributed by atoms with Gasteiger partial charge < -0.3 is 5.32 Å². The molecule has 0 fully saturated rings. The fraction of sp³-hybridized carbons (Fsp3) is 0.0667. The fourth-order valence-corrected chi connectivity index (χ4v) is 2.73. The lowest BCUT2D eigenvalue weighted by atomic mass is 10.2. The van der Waals surface area contributed by atoms with Crippen LogP contribution in [-0.4, -0.2) is 19.4 Å². The number of primary sulfonamides is 1. The van der Waals surface area contributed by atoms with Crippen LogP contribution < -0.4 is 21.3 Å². The van der Waals surface area contributed by atoms with Crippen LogP contribution in [0.2, 0.25) is 5.02 Å². The van der Waals surface area contributed by atoms with E-state index in [1.165, 1.54) is 12.1 Å². The molecular formula is C15H15ClN4O3S2. The van der Waals surface area contributed by atoms with Crippen molar-refractivity contribution in [2.24, 2.45) is 5.14 Å². The molecule has 0 unspecified atom stereocenters. The van der Waals surface area contributed by atoms with Crippen LogP contribution in [0, 0.1) is 0 Å². The van der Waals surface area contributed by atoms with Crippen LogP contribution in [-0.2, 0) is 16.6 Å². The number of hydrogen-bond acceptors (Lipinski definition) is 4. The highest BCUT2D eigenvalue weighted by Crippen LogP contribution is 2.19. The lowest BCUT2D eigenvalue weighted by molar-refractivity contribution is 0.0943. The monoisotopic (exact) mass is 398 g/mol. The maximum atomic E-state index is 12.1. The largest absolute Gasteiger partial charge is 0.357 e. The van der Waals surface area contributed by atoms with Crippen LogP contribution >= 0.6 is 23.8 Å². The van der Waals surface area contributed by atoms with Crippen LogP contribution in [0.5, 0.6) is 0 Å². The molecule has 0 aliphatic heterocycles. The first-order valence-corrected chi connectivity index (χ1v) is 9.31. The van der Waals surface area contributed by atoms with Gasteiger partial charge in [0.1, 0.15) is 0 Å². The minimum Gasteiger partial charge on any atom is -0.357 e. The molecule has 10 heteroatoms. The maximum absolute atomic E-state index is 12.1. The second kappa shape index (κ2) is 8.26. The molecule has 5 N–H and O–H groups in total. The van der Waals surface area contributed by atoms with Crippen molar-refractivity contribution in [2.45, 2.75) is 11.4 Å². The molecular weight excluding hydrogens is 384 g/mol. The normalized spacial score (nSPS) is 10.8. The minimum atomic E-state index is -3.94. The van der Waals surface area contributed by atoms with Crippen LogP contribution in [0.4, 0.5) is 0 Å². The lowest BCUT2D eigenvalue weighted by Gasteiger charge is -2.12. The van der Waals surface area contributed by atoms with Gasteiger partial charge in [-0.25, -0.2) is 13.6 Å². The first kappa shape index (κ1) is 19.1. The summed E-state index contributed by atoms with van der Waals surface area (Å²) in [7, 11) is -3.94. The molecule has 2 aromatic rings. The van der Waals surface area contributed by atoms with E-state index in [-0.39, 0.29) is 20.6 Å². The van der Waals surface area contributed by atoms with E-state index in [1.54, 1.807) is 0 Å². The van der Waals surface area contributed by atoms with Gasteiger partial charge in [0.05, 0.1) is 15.5 Å². The van der Waals surface area contributed by atoms with Crippen LogP contribution in [0.25, 0.3) is 0 Å². The first-order valence-electron chi connectivity index (χ1n) is 6.98. The van der Waals surface area contributed by atoms with E-state index in [0.717, 1.165) is 11.6 Å². The number of carbonyl (C=O) groups is 1. The zero-order valence-electron chi connectivity index (χ0n) is 12.8. The fourth-order valence-electron chi connectivity index (χ4n) is 1.86. The van der Waals surface area contributed by atoms with Crippen molar-refractivity contribution in [2.75, 3.05) is 0 Å². The SMILES string of the molecule is NS(=O)(=O)c1ccc(Cl)c(C(=O)NNC(=S)NCc2ccccc2)c1. The molecule has 0 saturated carbocycles. The van der Waals surface area contributed by atoms with Crippen LogP contribution in [0.15, 0.2) is 53.4 Å². The van der Waals surface area contributed by atoms with Crippen LogP contribution in [0.3, 0.4) is 0 Å². The van der Waals surface area contributed by atoms with Gasteiger partial charge in [0, 0.05) is 6.54 Å². The Morgan fingerprint density at radius 1 is 1.12 bits per heavy atom. The van der Waals surface area contributed by atoms with Gasteiger partial charge in [-0.3, -0.25) is 15.6 Å². The second-order valence-corrected chi connectivity index (χ2v) is 7.31. The molecule has 7 nitrogen and oxygen atoms in total. The molecule has 0 atom stereocenters. The third kappa shape index (κ3) is 5.68. The maximum Gasteiger partial charge on any atom is 0.271 e. The molecule has 25 heavy (non-hydrogen) atoms. The smallest absolute Gasteiger partial charge is 0.271 e. The van der Waals surface area contributed by atoms with E-state index in [1.807, 2.05) is 30.3 Å². The zero-order chi connectivity index (χ0) is 18.4. The molecule has 2 rings (SSSR count). The molecule has 2 aromatic carbocycles. The van der Waals surface area contributed by atoms with E-state index in [9.17, 15) is 13.2 Å². The summed E-state index contributed by atoms with van der Waals surface area (Å²) in [6.45, 7) is 0.476. The van der Waals surface area contributed by atoms with Gasteiger partial charge in [-0.05, 0) is 36.0 Å². The van der Waals surface area contributed by atoms with Crippen molar-refractivity contribution >= 4 is 44.9 Å². The Hall–Kier alpha value is -2.20. The Morgan fingerprint density at radius 3 is 2.44 bits per heavy atom. The summed E-state index contributed by atoms with van der Waals surface area (Å²) in [6.07, 6.45) is 0. The molecule has 0 aromatic heterocycles. The van der Waals surface area contributed by atoms with E-state index in [4.69, 9.17) is 29.0 Å². The quantitative estimate of drug-likeness (QED) is 0.456. The van der Waals surface area contributed by atoms with Gasteiger partial charge in [-0.1, -0.05) is 41.9 Å². The van der Waals surface area contributed by atoms with Crippen molar-refractivity contribution in [3.63, 3.8) is 0 Å². The Balaban J connectivity index is 1.95. The Labute approximate surface area is 155 Å².